The fourth-order valence-corrected chi connectivity index (χ4v) is 3.25. The summed E-state index contributed by atoms with van der Waals surface area (Å²) in [6.45, 7) is 5.41. The number of aryl methyl sites for hydroxylation is 1. The largest absolute Gasteiger partial charge is 0.450 e. The summed E-state index contributed by atoms with van der Waals surface area (Å²) >= 11 is 0. The van der Waals surface area contributed by atoms with E-state index in [0.717, 1.165) is 19.3 Å². The number of rotatable bonds is 3. The molecule has 0 radical (unpaired) electrons. The van der Waals surface area contributed by atoms with Crippen molar-refractivity contribution in [2.24, 2.45) is 0 Å². The zero-order chi connectivity index (χ0) is 18.0. The normalized spacial score (nSPS) is 18.0. The van der Waals surface area contributed by atoms with Gasteiger partial charge in [-0.2, -0.15) is 0 Å². The van der Waals surface area contributed by atoms with Crippen molar-refractivity contribution in [1.29, 1.82) is 0 Å². The van der Waals surface area contributed by atoms with Crippen molar-refractivity contribution in [3.63, 3.8) is 0 Å². The quantitative estimate of drug-likeness (QED) is 0.836. The summed E-state index contributed by atoms with van der Waals surface area (Å²) < 4.78 is 10.4. The Hall–Kier alpha value is -2.31. The van der Waals surface area contributed by atoms with E-state index in [0.29, 0.717) is 50.0 Å². The molecule has 0 atom stereocenters. The zero-order valence-electron chi connectivity index (χ0n) is 14.7. The lowest BCUT2D eigenvalue weighted by Crippen LogP contribution is -2.51. The molecule has 0 bridgehead atoms. The van der Waals surface area contributed by atoms with Crippen molar-refractivity contribution in [3.05, 3.63) is 33.4 Å². The number of carbonyl (C=O) groups excluding carboxylic acids is 2. The van der Waals surface area contributed by atoms with Gasteiger partial charge in [0.05, 0.1) is 6.61 Å². The third kappa shape index (κ3) is 3.55. The molecule has 7 nitrogen and oxygen atoms in total. The molecule has 1 saturated heterocycles. The second kappa shape index (κ2) is 7.29. The van der Waals surface area contributed by atoms with E-state index in [2.05, 4.69) is 0 Å². The van der Waals surface area contributed by atoms with Crippen LogP contribution in [0.25, 0.3) is 0 Å². The van der Waals surface area contributed by atoms with Crippen LogP contribution in [0.15, 0.2) is 15.3 Å². The molecule has 0 spiro atoms. The van der Waals surface area contributed by atoms with E-state index in [9.17, 15) is 14.4 Å². The molecule has 1 aromatic heterocycles. The van der Waals surface area contributed by atoms with Gasteiger partial charge in [-0.15, -0.1) is 0 Å². The maximum Gasteiger partial charge on any atom is 0.409 e. The minimum atomic E-state index is -0.556. The Balaban J connectivity index is 1.69. The van der Waals surface area contributed by atoms with Crippen molar-refractivity contribution >= 4 is 12.0 Å². The molecule has 3 rings (SSSR count). The van der Waals surface area contributed by atoms with E-state index in [-0.39, 0.29) is 17.6 Å². The smallest absolute Gasteiger partial charge is 0.409 e. The molecule has 2 aliphatic rings. The highest BCUT2D eigenvalue weighted by molar-refractivity contribution is 5.95. The molecular formula is C18H24N2O5. The van der Waals surface area contributed by atoms with Crippen LogP contribution in [-0.2, 0) is 4.74 Å². The number of hydrogen-bond donors (Lipinski definition) is 0. The average Bonchev–Trinajstić information content (AvgIpc) is 2.53. The molecule has 0 aromatic carbocycles. The summed E-state index contributed by atoms with van der Waals surface area (Å²) in [5.74, 6) is 0.677. The summed E-state index contributed by atoms with van der Waals surface area (Å²) in [6, 6.07) is 1.83. The topological polar surface area (TPSA) is 80.1 Å². The number of nitrogens with zero attached hydrogens (tertiary/aromatic N) is 2. The molecule has 25 heavy (non-hydrogen) atoms. The summed E-state index contributed by atoms with van der Waals surface area (Å²) in [5, 5.41) is 0. The highest BCUT2D eigenvalue weighted by Gasteiger charge is 2.30. The Morgan fingerprint density at radius 2 is 1.84 bits per heavy atom. The number of ether oxygens (including phenoxy) is 1. The van der Waals surface area contributed by atoms with Crippen molar-refractivity contribution in [2.45, 2.75) is 39.0 Å². The van der Waals surface area contributed by atoms with E-state index in [1.165, 1.54) is 0 Å². The predicted molar refractivity (Wildman–Crippen MR) is 90.8 cm³/mol. The molecule has 2 heterocycles. The van der Waals surface area contributed by atoms with Gasteiger partial charge in [0.2, 0.25) is 0 Å². The van der Waals surface area contributed by atoms with Gasteiger partial charge in [-0.05, 0) is 38.3 Å². The fraction of sp³-hybridized carbons (Fsp3) is 0.611. The monoisotopic (exact) mass is 348 g/mol. The maximum absolute atomic E-state index is 12.7. The molecule has 1 aliphatic heterocycles. The van der Waals surface area contributed by atoms with Crippen molar-refractivity contribution in [1.82, 2.24) is 9.80 Å². The SMILES string of the molecule is CCOC(=O)N1CCN(C(=O)c2c(C)cc(C3CCC3)oc2=O)CC1. The molecule has 1 saturated carbocycles. The second-order valence-electron chi connectivity index (χ2n) is 6.60. The zero-order valence-corrected chi connectivity index (χ0v) is 14.7. The molecule has 7 heteroatoms. The van der Waals surface area contributed by atoms with Crippen LogP contribution >= 0.6 is 0 Å². The van der Waals surface area contributed by atoms with Crippen LogP contribution < -0.4 is 5.63 Å². The number of amides is 2. The van der Waals surface area contributed by atoms with Crippen LogP contribution in [0.5, 0.6) is 0 Å². The molecular weight excluding hydrogens is 324 g/mol. The Morgan fingerprint density at radius 3 is 2.36 bits per heavy atom. The number of piperazine rings is 1. The first-order valence-corrected chi connectivity index (χ1v) is 8.87. The third-order valence-electron chi connectivity index (χ3n) is 4.98. The molecule has 1 aromatic rings. The van der Waals surface area contributed by atoms with Crippen molar-refractivity contribution in [2.75, 3.05) is 32.8 Å². The first-order chi connectivity index (χ1) is 12.0. The first-order valence-electron chi connectivity index (χ1n) is 8.87. The standard InChI is InChI=1S/C18H24N2O5/c1-3-24-18(23)20-9-7-19(8-10-20)16(21)15-12(2)11-14(25-17(15)22)13-5-4-6-13/h11,13H,3-10H2,1-2H3. The minimum Gasteiger partial charge on any atom is -0.450 e. The Kier molecular flexibility index (Phi) is 5.11. The highest BCUT2D eigenvalue weighted by Crippen LogP contribution is 2.36. The molecule has 2 fully saturated rings. The third-order valence-corrected chi connectivity index (χ3v) is 4.98. The van der Waals surface area contributed by atoms with Crippen LogP contribution in [0.1, 0.15) is 53.8 Å². The van der Waals surface area contributed by atoms with Crippen LogP contribution in [0.4, 0.5) is 4.79 Å². The molecule has 0 unspecified atom stereocenters. The van der Waals surface area contributed by atoms with Crippen LogP contribution in [0, 0.1) is 6.92 Å². The number of hydrogen-bond acceptors (Lipinski definition) is 5. The lowest BCUT2D eigenvalue weighted by Gasteiger charge is -2.34. The maximum atomic E-state index is 12.7. The highest BCUT2D eigenvalue weighted by atomic mass is 16.6. The van der Waals surface area contributed by atoms with E-state index in [1.807, 2.05) is 6.07 Å². The second-order valence-corrected chi connectivity index (χ2v) is 6.60. The van der Waals surface area contributed by atoms with E-state index >= 15 is 0 Å². The van der Waals surface area contributed by atoms with Gasteiger partial charge in [0.1, 0.15) is 11.3 Å². The van der Waals surface area contributed by atoms with Crippen LogP contribution in [-0.4, -0.2) is 54.6 Å². The molecule has 0 N–H and O–H groups in total. The Labute approximate surface area is 146 Å². The van der Waals surface area contributed by atoms with Crippen molar-refractivity contribution in [3.8, 4) is 0 Å². The lowest BCUT2D eigenvalue weighted by molar-refractivity contribution is 0.0565. The van der Waals surface area contributed by atoms with Gasteiger partial charge >= 0.3 is 11.7 Å². The van der Waals surface area contributed by atoms with Gasteiger partial charge in [-0.3, -0.25) is 4.79 Å². The lowest BCUT2D eigenvalue weighted by atomic mass is 9.83. The summed E-state index contributed by atoms with van der Waals surface area (Å²) in [6.07, 6.45) is 2.85. The van der Waals surface area contributed by atoms with Gasteiger partial charge in [-0.1, -0.05) is 6.42 Å². The predicted octanol–water partition coefficient (Wildman–Crippen LogP) is 2.13. The summed E-state index contributed by atoms with van der Waals surface area (Å²) in [7, 11) is 0. The van der Waals surface area contributed by atoms with Gasteiger partial charge in [0, 0.05) is 32.1 Å². The van der Waals surface area contributed by atoms with Gasteiger partial charge in [0.25, 0.3) is 5.91 Å². The molecule has 136 valence electrons. The van der Waals surface area contributed by atoms with Crippen LogP contribution in [0.2, 0.25) is 0 Å². The average molecular weight is 348 g/mol. The summed E-state index contributed by atoms with van der Waals surface area (Å²) in [4.78, 5) is 40.0. The Bertz CT molecular complexity index is 715. The van der Waals surface area contributed by atoms with Gasteiger partial charge in [-0.25, -0.2) is 9.59 Å². The molecule has 1 aliphatic carbocycles. The van der Waals surface area contributed by atoms with Gasteiger partial charge < -0.3 is 19.0 Å². The minimum absolute atomic E-state index is 0.104. The molecule has 2 amide bonds. The van der Waals surface area contributed by atoms with Crippen molar-refractivity contribution < 1.29 is 18.7 Å². The fourth-order valence-electron chi connectivity index (χ4n) is 3.25. The van der Waals surface area contributed by atoms with E-state index < -0.39 is 5.63 Å². The Morgan fingerprint density at radius 1 is 1.20 bits per heavy atom. The first kappa shape index (κ1) is 17.5. The van der Waals surface area contributed by atoms with Crippen LogP contribution in [0.3, 0.4) is 0 Å². The van der Waals surface area contributed by atoms with E-state index in [4.69, 9.17) is 9.15 Å². The van der Waals surface area contributed by atoms with Gasteiger partial charge in [0.15, 0.2) is 0 Å². The summed E-state index contributed by atoms with van der Waals surface area (Å²) in [5.41, 5.74) is 0.211. The number of carbonyl (C=O) groups is 2. The van der Waals surface area contributed by atoms with E-state index in [1.54, 1.807) is 23.6 Å².